The zero-order chi connectivity index (χ0) is 15.4. The van der Waals surface area contributed by atoms with Crippen LogP contribution in [0.15, 0.2) is 35.8 Å². The van der Waals surface area contributed by atoms with Gasteiger partial charge in [-0.2, -0.15) is 0 Å². The number of amides is 1. The molecule has 1 N–H and O–H groups in total. The molecule has 1 aliphatic rings. The monoisotopic (exact) mass is 321 g/mol. The van der Waals surface area contributed by atoms with Gasteiger partial charge in [-0.15, -0.1) is 6.58 Å². The molecule has 2 rings (SSSR count). The van der Waals surface area contributed by atoms with Crippen molar-refractivity contribution in [2.75, 3.05) is 13.2 Å². The van der Waals surface area contributed by atoms with Gasteiger partial charge in [0, 0.05) is 6.54 Å². The zero-order valence-corrected chi connectivity index (χ0v) is 13.2. The molecule has 1 aromatic carbocycles. The van der Waals surface area contributed by atoms with E-state index in [-0.39, 0.29) is 11.7 Å². The molecular formula is C15H15NO3S2. The Bertz CT molecular complexity index is 625. The van der Waals surface area contributed by atoms with E-state index in [4.69, 9.17) is 17.0 Å². The van der Waals surface area contributed by atoms with Gasteiger partial charge in [0.15, 0.2) is 11.5 Å². The van der Waals surface area contributed by atoms with E-state index in [2.05, 4.69) is 6.58 Å². The summed E-state index contributed by atoms with van der Waals surface area (Å²) < 4.78 is 5.85. The highest BCUT2D eigenvalue weighted by atomic mass is 32.2. The number of carbonyl (C=O) groups excluding carboxylic acids is 1. The summed E-state index contributed by atoms with van der Waals surface area (Å²) in [7, 11) is 0. The Morgan fingerprint density at radius 3 is 2.95 bits per heavy atom. The lowest BCUT2D eigenvalue weighted by Gasteiger charge is -2.10. The molecule has 1 saturated heterocycles. The molecule has 1 fully saturated rings. The van der Waals surface area contributed by atoms with Crippen molar-refractivity contribution in [3.63, 3.8) is 0 Å². The summed E-state index contributed by atoms with van der Waals surface area (Å²) in [6.45, 7) is 6.32. The van der Waals surface area contributed by atoms with E-state index < -0.39 is 0 Å². The first kappa shape index (κ1) is 15.6. The molecule has 0 aliphatic carbocycles. The summed E-state index contributed by atoms with van der Waals surface area (Å²) in [5.41, 5.74) is 0.773. The molecule has 0 spiro atoms. The van der Waals surface area contributed by atoms with Crippen molar-refractivity contribution in [2.45, 2.75) is 6.92 Å². The van der Waals surface area contributed by atoms with Gasteiger partial charge in [0.05, 0.1) is 11.5 Å². The summed E-state index contributed by atoms with van der Waals surface area (Å²) in [5.74, 6) is 0.344. The molecule has 4 nitrogen and oxygen atoms in total. The molecule has 0 unspecified atom stereocenters. The minimum Gasteiger partial charge on any atom is -0.504 e. The number of thioether (sulfide) groups is 1. The third-order valence-electron chi connectivity index (χ3n) is 2.77. The van der Waals surface area contributed by atoms with E-state index in [9.17, 15) is 9.90 Å². The van der Waals surface area contributed by atoms with E-state index >= 15 is 0 Å². The van der Waals surface area contributed by atoms with Crippen LogP contribution in [0.5, 0.6) is 11.5 Å². The number of rotatable bonds is 5. The lowest BCUT2D eigenvalue weighted by atomic mass is 10.2. The quantitative estimate of drug-likeness (QED) is 0.513. The minimum atomic E-state index is -0.129. The summed E-state index contributed by atoms with van der Waals surface area (Å²) in [5, 5.41) is 9.68. The smallest absolute Gasteiger partial charge is 0.266 e. The van der Waals surface area contributed by atoms with E-state index in [0.29, 0.717) is 28.1 Å². The van der Waals surface area contributed by atoms with Crippen molar-refractivity contribution >= 4 is 40.3 Å². The van der Waals surface area contributed by atoms with Gasteiger partial charge in [0.25, 0.3) is 5.91 Å². The Hall–Kier alpha value is -1.79. The Morgan fingerprint density at radius 2 is 2.29 bits per heavy atom. The average molecular weight is 321 g/mol. The van der Waals surface area contributed by atoms with Crippen molar-refractivity contribution in [1.29, 1.82) is 0 Å². The van der Waals surface area contributed by atoms with Crippen LogP contribution >= 0.6 is 24.0 Å². The lowest BCUT2D eigenvalue weighted by molar-refractivity contribution is -0.121. The molecule has 0 atom stereocenters. The first-order valence-corrected chi connectivity index (χ1v) is 7.61. The van der Waals surface area contributed by atoms with Crippen molar-refractivity contribution in [3.8, 4) is 11.5 Å². The maximum atomic E-state index is 12.2. The lowest BCUT2D eigenvalue weighted by Crippen LogP contribution is -2.27. The number of phenols is 1. The van der Waals surface area contributed by atoms with Crippen LogP contribution in [0, 0.1) is 0 Å². The second-order valence-corrected chi connectivity index (χ2v) is 5.92. The summed E-state index contributed by atoms with van der Waals surface area (Å²) in [6.07, 6.45) is 3.38. The van der Waals surface area contributed by atoms with Gasteiger partial charge in [-0.1, -0.05) is 36.1 Å². The van der Waals surface area contributed by atoms with Crippen LogP contribution in [0.1, 0.15) is 12.5 Å². The van der Waals surface area contributed by atoms with Crippen LogP contribution in [0.3, 0.4) is 0 Å². The first-order valence-electron chi connectivity index (χ1n) is 6.39. The van der Waals surface area contributed by atoms with Crippen LogP contribution in [-0.2, 0) is 4.79 Å². The second-order valence-electron chi connectivity index (χ2n) is 4.24. The number of thiocarbonyl (C=S) groups is 1. The fourth-order valence-electron chi connectivity index (χ4n) is 1.83. The fourth-order valence-corrected chi connectivity index (χ4v) is 3.10. The number of phenolic OH excluding ortho intramolecular Hbond substituents is 1. The third-order valence-corrected chi connectivity index (χ3v) is 4.14. The van der Waals surface area contributed by atoms with E-state index in [1.807, 2.05) is 6.92 Å². The summed E-state index contributed by atoms with van der Waals surface area (Å²) in [6, 6.07) is 4.96. The van der Waals surface area contributed by atoms with Crippen LogP contribution in [0.4, 0.5) is 0 Å². The first-order chi connectivity index (χ1) is 10.1. The predicted octanol–water partition coefficient (Wildman–Crippen LogP) is 3.18. The minimum absolute atomic E-state index is 0.0770. The fraction of sp³-hybridized carbons (Fsp3) is 0.200. The molecule has 0 bridgehead atoms. The molecule has 1 amide bonds. The van der Waals surface area contributed by atoms with E-state index in [0.717, 1.165) is 5.56 Å². The number of hydrogen-bond donors (Lipinski definition) is 1. The van der Waals surface area contributed by atoms with Crippen LogP contribution in [0.2, 0.25) is 0 Å². The van der Waals surface area contributed by atoms with Crippen LogP contribution in [0.25, 0.3) is 6.08 Å². The maximum absolute atomic E-state index is 12.2. The normalized spacial score (nSPS) is 16.6. The number of carbonyl (C=O) groups is 1. The molecule has 110 valence electrons. The van der Waals surface area contributed by atoms with Crippen molar-refractivity contribution in [3.05, 3.63) is 41.3 Å². The van der Waals surface area contributed by atoms with Crippen molar-refractivity contribution < 1.29 is 14.6 Å². The average Bonchev–Trinajstić information content (AvgIpc) is 2.71. The number of hydrogen-bond acceptors (Lipinski definition) is 5. The SMILES string of the molecule is C=CCN1C(=O)/C(=C/c2ccc(O)c(OCC)c2)SC1=S. The van der Waals surface area contributed by atoms with Gasteiger partial charge in [-0.25, -0.2) is 0 Å². The molecule has 0 radical (unpaired) electrons. The van der Waals surface area contributed by atoms with E-state index in [1.54, 1.807) is 30.4 Å². The highest BCUT2D eigenvalue weighted by Crippen LogP contribution is 2.34. The Labute approximate surface area is 133 Å². The highest BCUT2D eigenvalue weighted by molar-refractivity contribution is 8.26. The molecule has 1 heterocycles. The number of nitrogens with zero attached hydrogens (tertiary/aromatic N) is 1. The van der Waals surface area contributed by atoms with Crippen molar-refractivity contribution in [2.24, 2.45) is 0 Å². The molecule has 21 heavy (non-hydrogen) atoms. The topological polar surface area (TPSA) is 49.8 Å². The second kappa shape index (κ2) is 6.78. The Balaban J connectivity index is 2.28. The number of benzene rings is 1. The standard InChI is InChI=1S/C15H15NO3S2/c1-3-7-16-14(18)13(21-15(16)20)9-10-5-6-11(17)12(8-10)19-4-2/h3,5-6,8-9,17H,1,4,7H2,2H3/b13-9-. The van der Waals surface area contributed by atoms with Gasteiger partial charge < -0.3 is 9.84 Å². The number of ether oxygens (including phenoxy) is 1. The highest BCUT2D eigenvalue weighted by Gasteiger charge is 2.30. The van der Waals surface area contributed by atoms with Gasteiger partial charge in [-0.3, -0.25) is 9.69 Å². The summed E-state index contributed by atoms with van der Waals surface area (Å²) >= 11 is 6.44. The maximum Gasteiger partial charge on any atom is 0.266 e. The number of aromatic hydroxyl groups is 1. The molecule has 1 aliphatic heterocycles. The van der Waals surface area contributed by atoms with Crippen LogP contribution < -0.4 is 4.74 Å². The summed E-state index contributed by atoms with van der Waals surface area (Å²) in [4.78, 5) is 14.3. The molecule has 0 aromatic heterocycles. The molecule has 0 saturated carbocycles. The third kappa shape index (κ3) is 3.46. The van der Waals surface area contributed by atoms with Crippen molar-refractivity contribution in [1.82, 2.24) is 4.90 Å². The largest absolute Gasteiger partial charge is 0.504 e. The van der Waals surface area contributed by atoms with Gasteiger partial charge in [-0.05, 0) is 30.7 Å². The molecular weight excluding hydrogens is 306 g/mol. The Kier molecular flexibility index (Phi) is 5.03. The van der Waals surface area contributed by atoms with Crippen LogP contribution in [-0.4, -0.2) is 33.4 Å². The van der Waals surface area contributed by atoms with E-state index in [1.165, 1.54) is 16.7 Å². The molecule has 6 heteroatoms. The molecule has 1 aromatic rings. The van der Waals surface area contributed by atoms with Gasteiger partial charge in [0.1, 0.15) is 4.32 Å². The predicted molar refractivity (Wildman–Crippen MR) is 89.4 cm³/mol. The van der Waals surface area contributed by atoms with Gasteiger partial charge in [0.2, 0.25) is 0 Å². The zero-order valence-electron chi connectivity index (χ0n) is 11.5. The Morgan fingerprint density at radius 1 is 1.52 bits per heavy atom. The van der Waals surface area contributed by atoms with Gasteiger partial charge >= 0.3 is 0 Å².